The van der Waals surface area contributed by atoms with Gasteiger partial charge in [-0.3, -0.25) is 0 Å². The van der Waals surface area contributed by atoms with E-state index in [0.717, 1.165) is 0 Å². The van der Waals surface area contributed by atoms with Gasteiger partial charge in [-0.05, 0) is 18.2 Å². The van der Waals surface area contributed by atoms with Gasteiger partial charge in [0.1, 0.15) is 11.5 Å². The van der Waals surface area contributed by atoms with Gasteiger partial charge in [-0.2, -0.15) is 0 Å². The molecule has 7 heteroatoms. The molecule has 0 aliphatic carbocycles. The summed E-state index contributed by atoms with van der Waals surface area (Å²) in [6.07, 6.45) is 1.69. The van der Waals surface area contributed by atoms with Crippen LogP contribution in [0.25, 0.3) is 0 Å². The number of nitrogens with one attached hydrogen (secondary N) is 1. The van der Waals surface area contributed by atoms with E-state index in [1.807, 2.05) is 0 Å². The number of aliphatic hydroxyl groups is 1. The topological polar surface area (TPSA) is 63.0 Å². The largest absolute Gasteiger partial charge is 0.394 e. The van der Waals surface area contributed by atoms with Crippen LogP contribution in [0.2, 0.25) is 5.02 Å². The molecule has 0 aliphatic rings. The van der Waals surface area contributed by atoms with Crippen molar-refractivity contribution in [3.05, 3.63) is 40.9 Å². The first-order valence-corrected chi connectivity index (χ1v) is 5.75. The van der Waals surface area contributed by atoms with E-state index >= 15 is 0 Å². The number of halogens is 2. The van der Waals surface area contributed by atoms with Crippen molar-refractivity contribution < 1.29 is 9.50 Å². The Hall–Kier alpha value is -1.66. The molecule has 2 N–H and O–H groups in total. The van der Waals surface area contributed by atoms with Gasteiger partial charge in [0.15, 0.2) is 0 Å². The molecule has 96 valence electrons. The van der Waals surface area contributed by atoms with Gasteiger partial charge in [0.05, 0.1) is 31.6 Å². The van der Waals surface area contributed by atoms with E-state index in [4.69, 9.17) is 16.7 Å². The van der Waals surface area contributed by atoms with Gasteiger partial charge in [-0.15, -0.1) is 5.10 Å². The molecule has 18 heavy (non-hydrogen) atoms. The number of hydrogen-bond donors (Lipinski definition) is 2. The number of benzene rings is 1. The van der Waals surface area contributed by atoms with E-state index in [2.05, 4.69) is 15.6 Å². The van der Waals surface area contributed by atoms with Crippen LogP contribution < -0.4 is 5.32 Å². The standard InChI is InChI=1S/C11H12ClFN4O/c12-8-1-2-11(10(13)5-8)14-6-9-7-17(3-4-18)16-15-9/h1-2,5,7,14,18H,3-4,6H2. The number of rotatable bonds is 5. The summed E-state index contributed by atoms with van der Waals surface area (Å²) in [5.41, 5.74) is 1.02. The van der Waals surface area contributed by atoms with Gasteiger partial charge < -0.3 is 10.4 Å². The molecule has 1 heterocycles. The van der Waals surface area contributed by atoms with Crippen molar-refractivity contribution in [2.75, 3.05) is 11.9 Å². The molecule has 1 aromatic heterocycles. The van der Waals surface area contributed by atoms with Crippen molar-refractivity contribution in [1.29, 1.82) is 0 Å². The highest BCUT2D eigenvalue weighted by molar-refractivity contribution is 6.30. The lowest BCUT2D eigenvalue weighted by molar-refractivity contribution is 0.268. The number of anilines is 1. The van der Waals surface area contributed by atoms with Gasteiger partial charge in [0, 0.05) is 5.02 Å². The second kappa shape index (κ2) is 5.79. The fourth-order valence-corrected chi connectivity index (χ4v) is 1.61. The van der Waals surface area contributed by atoms with Crippen molar-refractivity contribution in [2.45, 2.75) is 13.1 Å². The maximum Gasteiger partial charge on any atom is 0.147 e. The Kier molecular flexibility index (Phi) is 4.11. The summed E-state index contributed by atoms with van der Waals surface area (Å²) in [5, 5.41) is 19.7. The Morgan fingerprint density at radius 2 is 2.28 bits per heavy atom. The zero-order valence-corrected chi connectivity index (χ0v) is 10.2. The Morgan fingerprint density at radius 1 is 1.44 bits per heavy atom. The number of hydrogen-bond acceptors (Lipinski definition) is 4. The van der Waals surface area contributed by atoms with Gasteiger partial charge in [0.2, 0.25) is 0 Å². The van der Waals surface area contributed by atoms with Crippen molar-refractivity contribution in [3.63, 3.8) is 0 Å². The highest BCUT2D eigenvalue weighted by Crippen LogP contribution is 2.19. The van der Waals surface area contributed by atoms with Crippen molar-refractivity contribution in [2.24, 2.45) is 0 Å². The number of aliphatic hydroxyl groups excluding tert-OH is 1. The van der Waals surface area contributed by atoms with E-state index < -0.39 is 5.82 Å². The average molecular weight is 271 g/mol. The maximum absolute atomic E-state index is 13.5. The summed E-state index contributed by atoms with van der Waals surface area (Å²) in [6, 6.07) is 4.41. The molecule has 0 fully saturated rings. The molecule has 0 saturated carbocycles. The third-order valence-electron chi connectivity index (χ3n) is 2.31. The highest BCUT2D eigenvalue weighted by Gasteiger charge is 2.04. The molecule has 0 spiro atoms. The minimum Gasteiger partial charge on any atom is -0.394 e. The van der Waals surface area contributed by atoms with E-state index in [0.29, 0.717) is 29.5 Å². The third-order valence-corrected chi connectivity index (χ3v) is 2.54. The lowest BCUT2D eigenvalue weighted by Gasteiger charge is -2.05. The number of nitrogens with zero attached hydrogens (tertiary/aromatic N) is 3. The maximum atomic E-state index is 13.5. The van der Waals surface area contributed by atoms with Crippen LogP contribution in [0.4, 0.5) is 10.1 Å². The van der Waals surface area contributed by atoms with Gasteiger partial charge >= 0.3 is 0 Å². The monoisotopic (exact) mass is 270 g/mol. The van der Waals surface area contributed by atoms with E-state index in [9.17, 15) is 4.39 Å². The summed E-state index contributed by atoms with van der Waals surface area (Å²) < 4.78 is 15.0. The van der Waals surface area contributed by atoms with E-state index in [1.54, 1.807) is 18.3 Å². The Labute approximate surface area is 108 Å². The summed E-state index contributed by atoms with van der Waals surface area (Å²) in [7, 11) is 0. The molecular weight excluding hydrogens is 259 g/mol. The normalized spacial score (nSPS) is 10.6. The predicted molar refractivity (Wildman–Crippen MR) is 65.8 cm³/mol. The second-order valence-electron chi connectivity index (χ2n) is 3.67. The molecule has 0 atom stereocenters. The smallest absolute Gasteiger partial charge is 0.147 e. The molecular formula is C11H12ClFN4O. The summed E-state index contributed by atoms with van der Waals surface area (Å²) in [4.78, 5) is 0. The molecule has 0 radical (unpaired) electrons. The Balaban J connectivity index is 1.97. The first-order chi connectivity index (χ1) is 8.69. The summed E-state index contributed by atoms with van der Waals surface area (Å²) >= 11 is 5.66. The fraction of sp³-hybridized carbons (Fsp3) is 0.273. The summed E-state index contributed by atoms with van der Waals surface area (Å²) in [6.45, 7) is 0.744. The molecule has 2 aromatic rings. The van der Waals surface area contributed by atoms with Crippen molar-refractivity contribution >= 4 is 17.3 Å². The minimum absolute atomic E-state index is 0.00202. The zero-order valence-electron chi connectivity index (χ0n) is 9.48. The van der Waals surface area contributed by atoms with E-state index in [1.165, 1.54) is 10.7 Å². The molecule has 0 amide bonds. The Morgan fingerprint density at radius 3 is 3.00 bits per heavy atom. The van der Waals surface area contributed by atoms with Crippen LogP contribution in [-0.4, -0.2) is 26.7 Å². The Bertz CT molecular complexity index is 532. The SMILES string of the molecule is OCCn1cc(CNc2ccc(Cl)cc2F)nn1. The van der Waals surface area contributed by atoms with Crippen LogP contribution in [-0.2, 0) is 13.1 Å². The molecule has 5 nitrogen and oxygen atoms in total. The highest BCUT2D eigenvalue weighted by atomic mass is 35.5. The van der Waals surface area contributed by atoms with Crippen LogP contribution >= 0.6 is 11.6 Å². The molecule has 0 saturated heterocycles. The van der Waals surface area contributed by atoms with Gasteiger partial charge in [-0.25, -0.2) is 9.07 Å². The first kappa shape index (κ1) is 12.8. The van der Waals surface area contributed by atoms with Crippen LogP contribution in [0.15, 0.2) is 24.4 Å². The number of aromatic nitrogens is 3. The zero-order chi connectivity index (χ0) is 13.0. The molecule has 0 bridgehead atoms. The van der Waals surface area contributed by atoms with Crippen molar-refractivity contribution in [3.8, 4) is 0 Å². The molecule has 0 aliphatic heterocycles. The quantitative estimate of drug-likeness (QED) is 0.868. The van der Waals surface area contributed by atoms with Crippen molar-refractivity contribution in [1.82, 2.24) is 15.0 Å². The minimum atomic E-state index is -0.412. The third kappa shape index (κ3) is 3.18. The summed E-state index contributed by atoms with van der Waals surface area (Å²) in [5.74, 6) is -0.412. The first-order valence-electron chi connectivity index (χ1n) is 5.38. The fourth-order valence-electron chi connectivity index (χ4n) is 1.45. The van der Waals surface area contributed by atoms with Gasteiger partial charge in [-0.1, -0.05) is 16.8 Å². The van der Waals surface area contributed by atoms with Crippen LogP contribution in [0, 0.1) is 5.82 Å². The van der Waals surface area contributed by atoms with Crippen LogP contribution in [0.5, 0.6) is 0 Å². The molecule has 0 unspecified atom stereocenters. The average Bonchev–Trinajstić information content (AvgIpc) is 2.76. The lowest BCUT2D eigenvalue weighted by Crippen LogP contribution is -2.02. The van der Waals surface area contributed by atoms with Crippen LogP contribution in [0.3, 0.4) is 0 Å². The predicted octanol–water partition coefficient (Wildman–Crippen LogP) is 1.68. The molecule has 2 rings (SSSR count). The van der Waals surface area contributed by atoms with Gasteiger partial charge in [0.25, 0.3) is 0 Å². The lowest BCUT2D eigenvalue weighted by atomic mass is 10.3. The second-order valence-corrected chi connectivity index (χ2v) is 4.11. The molecule has 1 aromatic carbocycles. The van der Waals surface area contributed by atoms with Crippen LogP contribution in [0.1, 0.15) is 5.69 Å². The van der Waals surface area contributed by atoms with E-state index in [-0.39, 0.29) is 6.61 Å².